The summed E-state index contributed by atoms with van der Waals surface area (Å²) in [6.45, 7) is 8.26. The quantitative estimate of drug-likeness (QED) is 0.125. The van der Waals surface area contributed by atoms with E-state index in [0.29, 0.717) is 0 Å². The maximum Gasteiger partial charge on any atom is 0.173 e. The van der Waals surface area contributed by atoms with Gasteiger partial charge in [0.2, 0.25) is 0 Å². The molecule has 5 aromatic rings. The van der Waals surface area contributed by atoms with Gasteiger partial charge in [-0.25, -0.2) is 18.3 Å². The third kappa shape index (κ3) is 10.5. The number of hydrogen-bond donors (Lipinski definition) is 0. The second-order valence-corrected chi connectivity index (χ2v) is 9.98. The molecule has 0 radical (unpaired) electrons. The Labute approximate surface area is 292 Å². The van der Waals surface area contributed by atoms with E-state index in [1.807, 2.05) is 0 Å². The lowest BCUT2D eigenvalue weighted by Gasteiger charge is -2.04. The lowest BCUT2D eigenvalue weighted by Crippen LogP contribution is -3.00. The number of rotatable bonds is 10. The highest BCUT2D eigenvalue weighted by atomic mass is 79.9. The van der Waals surface area contributed by atoms with Crippen LogP contribution in [0, 0.1) is 0 Å². The van der Waals surface area contributed by atoms with E-state index in [9.17, 15) is 0 Å². The third-order valence-corrected chi connectivity index (χ3v) is 6.95. The SMILES string of the molecule is CCC[n+]1ccc(-c2cc[n+](Cc3ccc(C[n+]4ccc(-c5cc[n+](CCC)cc5)cc4)cc3)cc2)cc1.[Br-].[Br-].[Br-].[Br-]. The average Bonchev–Trinajstić information content (AvgIpc) is 2.96. The van der Waals surface area contributed by atoms with Crippen molar-refractivity contribution in [3.63, 3.8) is 0 Å². The van der Waals surface area contributed by atoms with Gasteiger partial charge in [0.15, 0.2) is 62.7 Å². The fourth-order valence-corrected chi connectivity index (χ4v) is 4.80. The normalized spacial score (nSPS) is 9.95. The zero-order chi connectivity index (χ0) is 26.2. The molecule has 0 fully saturated rings. The van der Waals surface area contributed by atoms with Gasteiger partial charge in [-0.3, -0.25) is 0 Å². The summed E-state index contributed by atoms with van der Waals surface area (Å²) >= 11 is 0. The van der Waals surface area contributed by atoms with Crippen LogP contribution >= 0.6 is 0 Å². The van der Waals surface area contributed by atoms with E-state index in [4.69, 9.17) is 0 Å². The Morgan fingerprint density at radius 1 is 0.357 bits per heavy atom. The lowest BCUT2D eigenvalue weighted by atomic mass is 10.1. The van der Waals surface area contributed by atoms with Gasteiger partial charge in [0.05, 0.1) is 0 Å². The summed E-state index contributed by atoms with van der Waals surface area (Å²) in [4.78, 5) is 0. The molecule has 0 saturated carbocycles. The molecule has 1 aromatic carbocycles. The first-order chi connectivity index (χ1) is 18.7. The largest absolute Gasteiger partial charge is 1.00 e. The van der Waals surface area contributed by atoms with Crippen molar-refractivity contribution in [1.29, 1.82) is 0 Å². The summed E-state index contributed by atoms with van der Waals surface area (Å²) in [5.74, 6) is 0. The highest BCUT2D eigenvalue weighted by Gasteiger charge is 2.09. The molecule has 5 rings (SSSR count). The minimum atomic E-state index is 0. The van der Waals surface area contributed by atoms with Crippen LogP contribution in [0.2, 0.25) is 0 Å². The van der Waals surface area contributed by atoms with Gasteiger partial charge in [0.1, 0.15) is 13.1 Å². The molecule has 4 heterocycles. The van der Waals surface area contributed by atoms with E-state index < -0.39 is 0 Å². The number of aromatic nitrogens is 4. The second kappa shape index (κ2) is 19.1. The molecule has 0 amide bonds. The van der Waals surface area contributed by atoms with Crippen molar-refractivity contribution < 1.29 is 86.2 Å². The van der Waals surface area contributed by atoms with E-state index in [-0.39, 0.29) is 67.9 Å². The fraction of sp³-hybridized carbons (Fsp3) is 0.235. The van der Waals surface area contributed by atoms with Crippen molar-refractivity contribution in [1.82, 2.24) is 0 Å². The molecule has 0 atom stereocenters. The van der Waals surface area contributed by atoms with Crippen LogP contribution in [0.25, 0.3) is 22.3 Å². The van der Waals surface area contributed by atoms with Gasteiger partial charge in [-0.1, -0.05) is 38.1 Å². The summed E-state index contributed by atoms with van der Waals surface area (Å²) in [5.41, 5.74) is 7.60. The van der Waals surface area contributed by atoms with Crippen LogP contribution in [0.1, 0.15) is 37.8 Å². The molecule has 0 bridgehead atoms. The molecule has 0 unspecified atom stereocenters. The summed E-state index contributed by atoms with van der Waals surface area (Å²) in [6, 6.07) is 26.6. The first-order valence-electron chi connectivity index (χ1n) is 13.7. The van der Waals surface area contributed by atoms with Gasteiger partial charge in [0, 0.05) is 72.5 Å². The van der Waals surface area contributed by atoms with Crippen LogP contribution < -0.4 is 86.2 Å². The van der Waals surface area contributed by atoms with E-state index in [1.54, 1.807) is 0 Å². The topological polar surface area (TPSA) is 15.5 Å². The van der Waals surface area contributed by atoms with Crippen LogP contribution in [-0.4, -0.2) is 0 Å². The summed E-state index contributed by atoms with van der Waals surface area (Å²) < 4.78 is 8.94. The van der Waals surface area contributed by atoms with Gasteiger partial charge in [0.25, 0.3) is 0 Å². The molecule has 0 aliphatic rings. The third-order valence-electron chi connectivity index (χ3n) is 6.95. The molecule has 222 valence electrons. The molecule has 0 aliphatic carbocycles. The van der Waals surface area contributed by atoms with Crippen molar-refractivity contribution in [3.8, 4) is 22.3 Å². The second-order valence-electron chi connectivity index (χ2n) is 9.98. The zero-order valence-electron chi connectivity index (χ0n) is 24.1. The van der Waals surface area contributed by atoms with Crippen LogP contribution in [0.4, 0.5) is 0 Å². The lowest BCUT2D eigenvalue weighted by molar-refractivity contribution is -0.697. The first-order valence-corrected chi connectivity index (χ1v) is 13.7. The fourth-order valence-electron chi connectivity index (χ4n) is 4.80. The minimum absolute atomic E-state index is 0. The smallest absolute Gasteiger partial charge is 0.173 e. The highest BCUT2D eigenvalue weighted by molar-refractivity contribution is 5.61. The average molecular weight is 822 g/mol. The molecule has 4 nitrogen and oxygen atoms in total. The molecule has 0 saturated heterocycles. The van der Waals surface area contributed by atoms with Gasteiger partial charge < -0.3 is 67.9 Å². The molecule has 0 aliphatic heterocycles. The van der Waals surface area contributed by atoms with Crippen molar-refractivity contribution in [2.24, 2.45) is 0 Å². The van der Waals surface area contributed by atoms with Crippen LogP contribution in [0.15, 0.2) is 122 Å². The van der Waals surface area contributed by atoms with E-state index in [0.717, 1.165) is 39.0 Å². The van der Waals surface area contributed by atoms with Crippen LogP contribution in [-0.2, 0) is 26.2 Å². The van der Waals surface area contributed by atoms with E-state index >= 15 is 0 Å². The Morgan fingerprint density at radius 2 is 0.595 bits per heavy atom. The summed E-state index contributed by atoms with van der Waals surface area (Å²) in [6.07, 6.45) is 19.6. The van der Waals surface area contributed by atoms with Gasteiger partial charge in [-0.05, 0) is 22.3 Å². The molecule has 42 heavy (non-hydrogen) atoms. The molecule has 0 spiro atoms. The van der Waals surface area contributed by atoms with Gasteiger partial charge >= 0.3 is 0 Å². The number of halogens is 4. The first kappa shape index (κ1) is 37.8. The minimum Gasteiger partial charge on any atom is -1.00 e. The molecular weight excluding hydrogens is 784 g/mol. The number of nitrogens with zero attached hydrogens (tertiary/aromatic N) is 4. The molecule has 8 heteroatoms. The Hall–Kier alpha value is -2.26. The van der Waals surface area contributed by atoms with E-state index in [1.165, 1.54) is 33.4 Å². The van der Waals surface area contributed by atoms with Crippen molar-refractivity contribution in [3.05, 3.63) is 133 Å². The highest BCUT2D eigenvalue weighted by Crippen LogP contribution is 2.17. The molecule has 4 aromatic heterocycles. The summed E-state index contributed by atoms with van der Waals surface area (Å²) in [7, 11) is 0. The molecular formula is C34H38Br4N4. The number of benzene rings is 1. The Kier molecular flexibility index (Phi) is 17.2. The maximum absolute atomic E-state index is 2.24. The predicted octanol–water partition coefficient (Wildman–Crippen LogP) is -6.90. The van der Waals surface area contributed by atoms with Crippen molar-refractivity contribution >= 4 is 0 Å². The summed E-state index contributed by atoms with van der Waals surface area (Å²) in [5, 5.41) is 0. The Balaban J connectivity index is 0.00000220. The zero-order valence-corrected chi connectivity index (χ0v) is 30.4. The number of aryl methyl sites for hydroxylation is 2. The predicted molar refractivity (Wildman–Crippen MR) is 150 cm³/mol. The Morgan fingerprint density at radius 3 is 0.833 bits per heavy atom. The van der Waals surface area contributed by atoms with Crippen molar-refractivity contribution in [2.75, 3.05) is 0 Å². The monoisotopic (exact) mass is 818 g/mol. The van der Waals surface area contributed by atoms with Gasteiger partial charge in [-0.15, -0.1) is 0 Å². The van der Waals surface area contributed by atoms with Crippen molar-refractivity contribution in [2.45, 2.75) is 52.9 Å². The Bertz CT molecular complexity index is 1330. The van der Waals surface area contributed by atoms with Crippen LogP contribution in [0.3, 0.4) is 0 Å². The van der Waals surface area contributed by atoms with Crippen LogP contribution in [0.5, 0.6) is 0 Å². The number of hydrogen-bond acceptors (Lipinski definition) is 0. The van der Waals surface area contributed by atoms with Gasteiger partial charge in [-0.2, -0.15) is 0 Å². The maximum atomic E-state index is 2.24. The standard InChI is InChI=1S/C34H38N4.4BrH/c1-3-17-35-19-9-31(10-20-35)33-13-23-37(24-14-33)27-29-5-7-30(8-6-29)28-38-25-15-34(16-26-38)32-11-21-36(18-4-2)22-12-32;;;;/h5-16,19-26H,3-4,17-18,27-28H2,1-2H3;4*1H/q+4;;;;/p-4. The van der Waals surface area contributed by atoms with E-state index in [2.05, 4.69) is 154 Å². The molecule has 0 N–H and O–H groups in total. The number of pyridine rings is 4.